The number of hydrogen-bond donors (Lipinski definition) is 2. The van der Waals surface area contributed by atoms with E-state index in [4.69, 9.17) is 11.6 Å². The van der Waals surface area contributed by atoms with E-state index in [9.17, 15) is 14.3 Å². The van der Waals surface area contributed by atoms with Crippen molar-refractivity contribution < 1.29 is 14.3 Å². The van der Waals surface area contributed by atoms with Gasteiger partial charge in [-0.25, -0.2) is 4.39 Å². The quantitative estimate of drug-likeness (QED) is 0.894. The van der Waals surface area contributed by atoms with Crippen molar-refractivity contribution in [3.8, 4) is 0 Å². The van der Waals surface area contributed by atoms with Gasteiger partial charge in [-0.15, -0.1) is 0 Å². The predicted molar refractivity (Wildman–Crippen MR) is 73.8 cm³/mol. The minimum Gasteiger partial charge on any atom is -0.394 e. The van der Waals surface area contributed by atoms with Crippen molar-refractivity contribution in [1.29, 1.82) is 0 Å². The standard InChI is InChI=1S/C14H19ClFNO2/c1-14(2,3)7-9(8-18)17-13(19)10-5-4-6-11(15)12(10)16/h4-6,9,18H,7-8H2,1-3H3,(H,17,19). The van der Waals surface area contributed by atoms with Crippen LogP contribution in [-0.4, -0.2) is 23.7 Å². The van der Waals surface area contributed by atoms with Crippen LogP contribution in [0.2, 0.25) is 5.02 Å². The second-order valence-corrected chi connectivity index (χ2v) is 6.13. The molecule has 1 atom stereocenters. The van der Waals surface area contributed by atoms with Crippen LogP contribution in [0.5, 0.6) is 0 Å². The number of benzene rings is 1. The minimum atomic E-state index is -0.742. The number of nitrogens with one attached hydrogen (secondary N) is 1. The highest BCUT2D eigenvalue weighted by atomic mass is 35.5. The topological polar surface area (TPSA) is 49.3 Å². The summed E-state index contributed by atoms with van der Waals surface area (Å²) in [6.45, 7) is 5.82. The van der Waals surface area contributed by atoms with E-state index in [1.54, 1.807) is 0 Å². The Labute approximate surface area is 117 Å². The number of carbonyl (C=O) groups is 1. The first-order valence-corrected chi connectivity index (χ1v) is 6.48. The summed E-state index contributed by atoms with van der Waals surface area (Å²) in [6, 6.07) is 3.85. The molecule has 0 fully saturated rings. The molecule has 0 aliphatic rings. The minimum absolute atomic E-state index is 0.0481. The van der Waals surface area contributed by atoms with E-state index in [0.29, 0.717) is 6.42 Å². The second kappa shape index (κ2) is 6.35. The van der Waals surface area contributed by atoms with Crippen molar-refractivity contribution in [2.45, 2.75) is 33.2 Å². The first-order valence-electron chi connectivity index (χ1n) is 6.10. The fourth-order valence-electron chi connectivity index (χ4n) is 1.84. The summed E-state index contributed by atoms with van der Waals surface area (Å²) in [6.07, 6.45) is 0.595. The molecule has 3 nitrogen and oxygen atoms in total. The Hall–Kier alpha value is -1.13. The van der Waals surface area contributed by atoms with Gasteiger partial charge in [0.1, 0.15) is 0 Å². The van der Waals surface area contributed by atoms with E-state index in [0.717, 1.165) is 0 Å². The van der Waals surface area contributed by atoms with Crippen LogP contribution in [0.15, 0.2) is 18.2 Å². The molecule has 0 aliphatic heterocycles. The van der Waals surface area contributed by atoms with Crippen LogP contribution in [-0.2, 0) is 0 Å². The van der Waals surface area contributed by atoms with Gasteiger partial charge in [-0.2, -0.15) is 0 Å². The zero-order valence-corrected chi connectivity index (χ0v) is 12.1. The maximum atomic E-state index is 13.7. The molecule has 2 N–H and O–H groups in total. The van der Waals surface area contributed by atoms with Crippen LogP contribution >= 0.6 is 11.6 Å². The van der Waals surface area contributed by atoms with E-state index in [1.807, 2.05) is 20.8 Å². The SMILES string of the molecule is CC(C)(C)CC(CO)NC(=O)c1cccc(Cl)c1F. The number of rotatable bonds is 4. The van der Waals surface area contributed by atoms with Crippen LogP contribution in [0.3, 0.4) is 0 Å². The van der Waals surface area contributed by atoms with Crippen molar-refractivity contribution in [1.82, 2.24) is 5.32 Å². The zero-order chi connectivity index (χ0) is 14.6. The van der Waals surface area contributed by atoms with Crippen LogP contribution in [0, 0.1) is 11.2 Å². The Morgan fingerprint density at radius 3 is 2.63 bits per heavy atom. The number of carbonyl (C=O) groups excluding carboxylic acids is 1. The maximum absolute atomic E-state index is 13.7. The summed E-state index contributed by atoms with van der Waals surface area (Å²) in [4.78, 5) is 12.0. The molecule has 1 amide bonds. The normalized spacial score (nSPS) is 13.2. The molecule has 1 aromatic carbocycles. The highest BCUT2D eigenvalue weighted by Crippen LogP contribution is 2.22. The van der Waals surface area contributed by atoms with E-state index >= 15 is 0 Å². The molecule has 0 saturated heterocycles. The van der Waals surface area contributed by atoms with Gasteiger partial charge in [0.05, 0.1) is 23.2 Å². The van der Waals surface area contributed by atoms with Gasteiger partial charge in [-0.3, -0.25) is 4.79 Å². The van der Waals surface area contributed by atoms with Crippen LogP contribution in [0.1, 0.15) is 37.6 Å². The molecule has 0 aromatic heterocycles. The molecule has 19 heavy (non-hydrogen) atoms. The van der Waals surface area contributed by atoms with Crippen molar-refractivity contribution in [3.05, 3.63) is 34.6 Å². The zero-order valence-electron chi connectivity index (χ0n) is 11.3. The molecular weight excluding hydrogens is 269 g/mol. The molecule has 0 spiro atoms. The van der Waals surface area contributed by atoms with Crippen molar-refractivity contribution in [3.63, 3.8) is 0 Å². The van der Waals surface area contributed by atoms with Gasteiger partial charge in [-0.05, 0) is 24.0 Å². The van der Waals surface area contributed by atoms with E-state index in [2.05, 4.69) is 5.32 Å². The van der Waals surface area contributed by atoms with Gasteiger partial charge < -0.3 is 10.4 Å². The first kappa shape index (κ1) is 15.9. The molecule has 0 bridgehead atoms. The molecule has 106 valence electrons. The fraction of sp³-hybridized carbons (Fsp3) is 0.500. The van der Waals surface area contributed by atoms with Crippen molar-refractivity contribution in [2.75, 3.05) is 6.61 Å². The Morgan fingerprint density at radius 2 is 2.11 bits per heavy atom. The summed E-state index contributed by atoms with van der Waals surface area (Å²) in [5.41, 5.74) is -0.159. The Balaban J connectivity index is 2.80. The number of amides is 1. The van der Waals surface area contributed by atoms with Gasteiger partial charge >= 0.3 is 0 Å². The third kappa shape index (κ3) is 4.80. The molecule has 1 rings (SSSR count). The van der Waals surface area contributed by atoms with E-state index < -0.39 is 17.8 Å². The van der Waals surface area contributed by atoms with Gasteiger partial charge in [0.2, 0.25) is 0 Å². The molecular formula is C14H19ClFNO2. The van der Waals surface area contributed by atoms with E-state index in [1.165, 1.54) is 18.2 Å². The highest BCUT2D eigenvalue weighted by molar-refractivity contribution is 6.31. The molecule has 5 heteroatoms. The average molecular weight is 288 g/mol. The molecule has 0 radical (unpaired) electrons. The molecule has 1 unspecified atom stereocenters. The molecule has 0 heterocycles. The summed E-state index contributed by atoms with van der Waals surface area (Å²) >= 11 is 5.63. The Morgan fingerprint density at radius 1 is 1.47 bits per heavy atom. The predicted octanol–water partition coefficient (Wildman–Crippen LogP) is 3.01. The monoisotopic (exact) mass is 287 g/mol. The maximum Gasteiger partial charge on any atom is 0.254 e. The Bertz CT molecular complexity index is 457. The van der Waals surface area contributed by atoms with Crippen LogP contribution in [0.25, 0.3) is 0 Å². The lowest BCUT2D eigenvalue weighted by atomic mass is 9.88. The number of halogens is 2. The van der Waals surface area contributed by atoms with E-state index in [-0.39, 0.29) is 22.6 Å². The van der Waals surface area contributed by atoms with Gasteiger partial charge in [0.15, 0.2) is 5.82 Å². The van der Waals surface area contributed by atoms with Crippen LogP contribution < -0.4 is 5.32 Å². The fourth-order valence-corrected chi connectivity index (χ4v) is 2.02. The molecule has 0 saturated carbocycles. The summed E-state index contributed by atoms with van der Waals surface area (Å²) in [7, 11) is 0. The van der Waals surface area contributed by atoms with Gasteiger partial charge in [0, 0.05) is 0 Å². The lowest BCUT2D eigenvalue weighted by Gasteiger charge is -2.25. The summed E-state index contributed by atoms with van der Waals surface area (Å²) < 4.78 is 13.7. The van der Waals surface area contributed by atoms with Crippen molar-refractivity contribution in [2.24, 2.45) is 5.41 Å². The van der Waals surface area contributed by atoms with Gasteiger partial charge in [0.25, 0.3) is 5.91 Å². The lowest BCUT2D eigenvalue weighted by molar-refractivity contribution is 0.0893. The number of hydrogen-bond acceptors (Lipinski definition) is 2. The highest BCUT2D eigenvalue weighted by Gasteiger charge is 2.22. The number of aliphatic hydroxyl groups excluding tert-OH is 1. The second-order valence-electron chi connectivity index (χ2n) is 5.72. The largest absolute Gasteiger partial charge is 0.394 e. The molecule has 0 aliphatic carbocycles. The van der Waals surface area contributed by atoms with Crippen LogP contribution in [0.4, 0.5) is 4.39 Å². The first-order chi connectivity index (χ1) is 8.74. The summed E-state index contributed by atoms with van der Waals surface area (Å²) in [5.74, 6) is -1.31. The van der Waals surface area contributed by atoms with Crippen molar-refractivity contribution >= 4 is 17.5 Å². The third-order valence-corrected chi connectivity index (χ3v) is 2.90. The molecule has 1 aromatic rings. The lowest BCUT2D eigenvalue weighted by Crippen LogP contribution is -2.40. The average Bonchev–Trinajstić information content (AvgIpc) is 2.29. The Kier molecular flexibility index (Phi) is 5.32. The summed E-state index contributed by atoms with van der Waals surface area (Å²) in [5, 5.41) is 11.8. The van der Waals surface area contributed by atoms with Gasteiger partial charge in [-0.1, -0.05) is 38.4 Å². The third-order valence-electron chi connectivity index (χ3n) is 2.61. The smallest absolute Gasteiger partial charge is 0.254 e. The number of aliphatic hydroxyl groups is 1.